The normalized spacial score (nSPS) is 18.6. The molecule has 174 valence electrons. The number of halogens is 1. The van der Waals surface area contributed by atoms with Crippen LogP contribution in [0.2, 0.25) is 0 Å². The number of carbonyl (C=O) groups is 1. The molecule has 9 heteroatoms. The molecule has 1 amide bonds. The lowest BCUT2D eigenvalue weighted by molar-refractivity contribution is 0.0350. The van der Waals surface area contributed by atoms with Crippen LogP contribution in [0, 0.1) is 5.82 Å². The number of nitrogens with one attached hydrogen (secondary N) is 2. The minimum atomic E-state index is -0.647. The van der Waals surface area contributed by atoms with E-state index >= 15 is 0 Å². The number of piperidine rings is 1. The molecule has 3 heterocycles. The number of thiophene rings is 1. The molecule has 0 bridgehead atoms. The summed E-state index contributed by atoms with van der Waals surface area (Å²) in [4.78, 5) is 24.9. The molecular weight excluding hydrogens is 453 g/mol. The first-order valence-electron chi connectivity index (χ1n) is 11.1. The quantitative estimate of drug-likeness (QED) is 0.390. The third kappa shape index (κ3) is 5.06. The molecule has 1 fully saturated rings. The van der Waals surface area contributed by atoms with Gasteiger partial charge in [-0.15, -0.1) is 11.3 Å². The molecule has 0 unspecified atom stereocenters. The van der Waals surface area contributed by atoms with Gasteiger partial charge in [0.05, 0.1) is 22.4 Å². The van der Waals surface area contributed by atoms with Gasteiger partial charge in [-0.25, -0.2) is 14.4 Å². The first-order valence-corrected chi connectivity index (χ1v) is 11.9. The van der Waals surface area contributed by atoms with Crippen LogP contribution in [-0.2, 0) is 6.54 Å². The van der Waals surface area contributed by atoms with Gasteiger partial charge >= 0.3 is 0 Å². The number of rotatable bonds is 6. The number of likely N-dealkylation sites (tertiary alicyclic amines) is 1. The number of amides is 1. The number of fused-ring (bicyclic) bond motifs is 1. The van der Waals surface area contributed by atoms with Gasteiger partial charge < -0.3 is 15.7 Å². The number of hydrogen-bond donors (Lipinski definition) is 3. The van der Waals surface area contributed by atoms with Crippen LogP contribution in [0.4, 0.5) is 15.9 Å². The van der Waals surface area contributed by atoms with Crippen LogP contribution < -0.4 is 10.6 Å². The average Bonchev–Trinajstić information content (AvgIpc) is 3.29. The lowest BCUT2D eigenvalue weighted by atomic mass is 10.0. The average molecular weight is 478 g/mol. The predicted molar refractivity (Wildman–Crippen MR) is 131 cm³/mol. The highest BCUT2D eigenvalue weighted by atomic mass is 32.1. The van der Waals surface area contributed by atoms with Crippen molar-refractivity contribution in [2.75, 3.05) is 18.4 Å². The molecule has 2 aromatic heterocycles. The summed E-state index contributed by atoms with van der Waals surface area (Å²) in [5.74, 6) is -0.0154. The van der Waals surface area contributed by atoms with Crippen molar-refractivity contribution >= 4 is 39.0 Å². The molecule has 1 saturated heterocycles. The summed E-state index contributed by atoms with van der Waals surface area (Å²) in [6.07, 6.45) is 1.45. The molecule has 4 aromatic rings. The summed E-state index contributed by atoms with van der Waals surface area (Å²) < 4.78 is 13.2. The van der Waals surface area contributed by atoms with E-state index in [0.29, 0.717) is 39.6 Å². The summed E-state index contributed by atoms with van der Waals surface area (Å²) in [5.41, 5.74) is 1.89. The Morgan fingerprint density at radius 3 is 2.71 bits per heavy atom. The Bertz CT molecular complexity index is 1280. The first kappa shape index (κ1) is 22.4. The number of carbonyl (C=O) groups excluding carboxylic acids is 1. The molecule has 2 atom stereocenters. The fourth-order valence-electron chi connectivity index (χ4n) is 4.13. The smallest absolute Gasteiger partial charge is 0.261 e. The second-order valence-electron chi connectivity index (χ2n) is 8.34. The zero-order valence-electron chi connectivity index (χ0n) is 18.3. The van der Waals surface area contributed by atoms with E-state index < -0.39 is 6.10 Å². The van der Waals surface area contributed by atoms with Crippen molar-refractivity contribution in [3.63, 3.8) is 0 Å². The minimum absolute atomic E-state index is 0.240. The molecule has 7 nitrogen and oxygen atoms in total. The van der Waals surface area contributed by atoms with Crippen molar-refractivity contribution in [2.24, 2.45) is 0 Å². The number of aliphatic hydroxyl groups excluding tert-OH is 1. The highest BCUT2D eigenvalue weighted by Gasteiger charge is 2.29. The third-order valence-electron chi connectivity index (χ3n) is 5.89. The summed E-state index contributed by atoms with van der Waals surface area (Å²) >= 11 is 1.27. The molecule has 0 spiro atoms. The van der Waals surface area contributed by atoms with Crippen LogP contribution in [0.1, 0.15) is 21.7 Å². The fraction of sp³-hybridized carbons (Fsp3) is 0.240. The van der Waals surface area contributed by atoms with E-state index in [0.717, 1.165) is 13.1 Å². The van der Waals surface area contributed by atoms with Gasteiger partial charge in [-0.1, -0.05) is 30.3 Å². The number of β-amino-alcohol motifs (C(OH)–C–C–N with tert-alkyl or cyclic N) is 1. The standard InChI is InChI=1S/C25H24FN5O2S/c26-17-6-8-18(9-7-17)29-23-19-12-22(34-25(19)28-15-27-23)24(33)30-20-10-11-31(14-21(20)32)13-16-4-2-1-3-5-16/h1-9,12,15,20-21,32H,10-11,13-14H2,(H,30,33)(H,27,28,29)/t20-,21-/m0/s1. The number of aromatic nitrogens is 2. The number of hydrogen-bond acceptors (Lipinski definition) is 7. The molecule has 3 N–H and O–H groups in total. The fourth-order valence-corrected chi connectivity index (χ4v) is 5.03. The molecular formula is C25H24FN5O2S. The van der Waals surface area contributed by atoms with Crippen LogP contribution >= 0.6 is 11.3 Å². The van der Waals surface area contributed by atoms with Gasteiger partial charge in [0.1, 0.15) is 22.8 Å². The summed E-state index contributed by atoms with van der Waals surface area (Å²) in [6.45, 7) is 2.07. The predicted octanol–water partition coefficient (Wildman–Crippen LogP) is 3.94. The Morgan fingerprint density at radius 2 is 1.94 bits per heavy atom. The molecule has 0 radical (unpaired) electrons. The topological polar surface area (TPSA) is 90.4 Å². The van der Waals surface area contributed by atoms with Crippen molar-refractivity contribution in [1.82, 2.24) is 20.2 Å². The van der Waals surface area contributed by atoms with Gasteiger partial charge in [0.25, 0.3) is 5.91 Å². The van der Waals surface area contributed by atoms with Crippen molar-refractivity contribution in [2.45, 2.75) is 25.1 Å². The van der Waals surface area contributed by atoms with Gasteiger partial charge in [-0.3, -0.25) is 9.69 Å². The summed E-state index contributed by atoms with van der Waals surface area (Å²) in [7, 11) is 0. The second kappa shape index (κ2) is 9.84. The van der Waals surface area contributed by atoms with Gasteiger partial charge in [-0.2, -0.15) is 0 Å². The van der Waals surface area contributed by atoms with Gasteiger partial charge in [0.15, 0.2) is 0 Å². The summed E-state index contributed by atoms with van der Waals surface area (Å²) in [6, 6.07) is 17.6. The van der Waals surface area contributed by atoms with Crippen LogP contribution in [-0.4, -0.2) is 51.1 Å². The Hall–Kier alpha value is -3.40. The molecule has 0 saturated carbocycles. The molecule has 5 rings (SSSR count). The Balaban J connectivity index is 1.24. The second-order valence-corrected chi connectivity index (χ2v) is 9.37. The maximum atomic E-state index is 13.2. The minimum Gasteiger partial charge on any atom is -0.390 e. The molecule has 1 aliphatic rings. The van der Waals surface area contributed by atoms with E-state index in [2.05, 4.69) is 37.6 Å². The number of nitrogens with zero attached hydrogens (tertiary/aromatic N) is 3. The van der Waals surface area contributed by atoms with E-state index in [4.69, 9.17) is 0 Å². The first-order chi connectivity index (χ1) is 16.5. The van der Waals surface area contributed by atoms with E-state index in [9.17, 15) is 14.3 Å². The number of benzene rings is 2. The highest BCUT2D eigenvalue weighted by Crippen LogP contribution is 2.30. The van der Waals surface area contributed by atoms with Crippen LogP contribution in [0.5, 0.6) is 0 Å². The SMILES string of the molecule is O=C(N[C@H]1CCN(Cc2ccccc2)C[C@@H]1O)c1cc2c(Nc3ccc(F)cc3)ncnc2s1. The van der Waals surface area contributed by atoms with E-state index in [1.807, 2.05) is 18.2 Å². The molecule has 34 heavy (non-hydrogen) atoms. The Labute approximate surface area is 200 Å². The van der Waals surface area contributed by atoms with Crippen LogP contribution in [0.25, 0.3) is 10.2 Å². The van der Waals surface area contributed by atoms with Crippen molar-refractivity contribution in [3.8, 4) is 0 Å². The lowest BCUT2D eigenvalue weighted by Crippen LogP contribution is -2.53. The molecule has 2 aromatic carbocycles. The van der Waals surface area contributed by atoms with Gasteiger partial charge in [0.2, 0.25) is 0 Å². The maximum absolute atomic E-state index is 13.2. The van der Waals surface area contributed by atoms with E-state index in [1.165, 1.54) is 35.4 Å². The van der Waals surface area contributed by atoms with Crippen molar-refractivity contribution in [3.05, 3.63) is 83.2 Å². The molecule has 1 aliphatic heterocycles. The lowest BCUT2D eigenvalue weighted by Gasteiger charge is -2.36. The monoisotopic (exact) mass is 477 g/mol. The molecule has 0 aliphatic carbocycles. The zero-order valence-corrected chi connectivity index (χ0v) is 19.1. The number of aliphatic hydroxyl groups is 1. The maximum Gasteiger partial charge on any atom is 0.261 e. The van der Waals surface area contributed by atoms with E-state index in [1.54, 1.807) is 18.2 Å². The Kier molecular flexibility index (Phi) is 6.48. The Morgan fingerprint density at radius 1 is 1.15 bits per heavy atom. The summed E-state index contributed by atoms with van der Waals surface area (Å²) in [5, 5.41) is 17.5. The van der Waals surface area contributed by atoms with Crippen LogP contribution in [0.15, 0.2) is 67.0 Å². The highest BCUT2D eigenvalue weighted by molar-refractivity contribution is 7.20. The van der Waals surface area contributed by atoms with E-state index in [-0.39, 0.29) is 17.8 Å². The van der Waals surface area contributed by atoms with Gasteiger partial charge in [0, 0.05) is 25.3 Å². The van der Waals surface area contributed by atoms with Crippen molar-refractivity contribution in [1.29, 1.82) is 0 Å². The zero-order chi connectivity index (χ0) is 23.5. The van der Waals surface area contributed by atoms with Crippen molar-refractivity contribution < 1.29 is 14.3 Å². The largest absolute Gasteiger partial charge is 0.390 e. The third-order valence-corrected chi connectivity index (χ3v) is 6.93. The van der Waals surface area contributed by atoms with Gasteiger partial charge in [-0.05, 0) is 42.3 Å². The number of anilines is 2. The van der Waals surface area contributed by atoms with Crippen LogP contribution in [0.3, 0.4) is 0 Å².